The SMILES string of the molecule is OC[C@H]1CCCN1CCn1ncc2cc(N3C=CC(c4ccc(C(F)(F)F)cc4)=CC3)ccc21. The summed E-state index contributed by atoms with van der Waals surface area (Å²) in [6.45, 7) is 3.52. The number of alkyl halides is 3. The van der Waals surface area contributed by atoms with Gasteiger partial charge >= 0.3 is 6.18 Å². The fraction of sp³-hybridized carbons (Fsp3) is 0.346. The van der Waals surface area contributed by atoms with Crippen LogP contribution in [-0.4, -0.2) is 52.1 Å². The average molecular weight is 469 g/mol. The molecule has 2 aromatic carbocycles. The second-order valence-corrected chi connectivity index (χ2v) is 8.83. The summed E-state index contributed by atoms with van der Waals surface area (Å²) in [7, 11) is 0. The lowest BCUT2D eigenvalue weighted by Gasteiger charge is -2.23. The van der Waals surface area contributed by atoms with Crippen molar-refractivity contribution < 1.29 is 18.3 Å². The minimum absolute atomic E-state index is 0.210. The van der Waals surface area contributed by atoms with Gasteiger partial charge in [0.15, 0.2) is 0 Å². The first-order valence-corrected chi connectivity index (χ1v) is 11.6. The zero-order valence-electron chi connectivity index (χ0n) is 18.7. The van der Waals surface area contributed by atoms with E-state index in [0.717, 1.165) is 72.3 Å². The summed E-state index contributed by atoms with van der Waals surface area (Å²) < 4.78 is 40.4. The van der Waals surface area contributed by atoms with Crippen molar-refractivity contribution >= 4 is 22.2 Å². The molecule has 8 heteroatoms. The highest BCUT2D eigenvalue weighted by Crippen LogP contribution is 2.31. The molecule has 0 aliphatic carbocycles. The highest BCUT2D eigenvalue weighted by Gasteiger charge is 2.30. The molecule has 3 heterocycles. The molecule has 5 nitrogen and oxygen atoms in total. The first kappa shape index (κ1) is 22.7. The quantitative estimate of drug-likeness (QED) is 0.557. The van der Waals surface area contributed by atoms with Gasteiger partial charge in [0.2, 0.25) is 0 Å². The van der Waals surface area contributed by atoms with Crippen molar-refractivity contribution in [2.75, 3.05) is 31.1 Å². The molecule has 178 valence electrons. The topological polar surface area (TPSA) is 44.5 Å². The van der Waals surface area contributed by atoms with Gasteiger partial charge < -0.3 is 10.0 Å². The smallest absolute Gasteiger partial charge is 0.395 e. The van der Waals surface area contributed by atoms with Gasteiger partial charge in [-0.25, -0.2) is 0 Å². The standard InChI is InChI=1S/C26H27F3N4O/c27-26(28,29)22-5-3-19(4-6-22)20-9-12-32(13-10-20)23-7-8-25-21(16-23)17-30-33(25)15-14-31-11-1-2-24(31)18-34/h3-10,12,16-17,24,34H,1-2,11,13-15,18H2/t24-/m1/s1. The molecular weight excluding hydrogens is 441 g/mol. The van der Waals surface area contributed by atoms with Crippen molar-refractivity contribution in [1.82, 2.24) is 14.7 Å². The number of nitrogens with zero attached hydrogens (tertiary/aromatic N) is 4. The Hall–Kier alpha value is -3.10. The number of rotatable bonds is 6. The van der Waals surface area contributed by atoms with Gasteiger partial charge in [-0.2, -0.15) is 18.3 Å². The first-order valence-electron chi connectivity index (χ1n) is 11.6. The molecule has 2 aliphatic heterocycles. The summed E-state index contributed by atoms with van der Waals surface area (Å²) in [6, 6.07) is 11.8. The summed E-state index contributed by atoms with van der Waals surface area (Å²) in [5.41, 5.74) is 3.14. The van der Waals surface area contributed by atoms with Crippen molar-refractivity contribution in [3.05, 3.63) is 78.1 Å². The summed E-state index contributed by atoms with van der Waals surface area (Å²) in [6.07, 6.45) is 5.64. The van der Waals surface area contributed by atoms with E-state index in [1.807, 2.05) is 29.2 Å². The van der Waals surface area contributed by atoms with E-state index in [1.54, 1.807) is 0 Å². The number of likely N-dealkylation sites (tertiary alicyclic amines) is 1. The van der Waals surface area contributed by atoms with Crippen LogP contribution in [0.1, 0.15) is 24.0 Å². The van der Waals surface area contributed by atoms with E-state index in [2.05, 4.69) is 33.1 Å². The number of hydrogen-bond acceptors (Lipinski definition) is 4. The molecule has 5 rings (SSSR count). The van der Waals surface area contributed by atoms with Gasteiger partial charge in [-0.05, 0) is 66.9 Å². The number of aromatic nitrogens is 2. The van der Waals surface area contributed by atoms with Crippen LogP contribution < -0.4 is 4.90 Å². The van der Waals surface area contributed by atoms with Gasteiger partial charge in [0.1, 0.15) is 0 Å². The van der Waals surface area contributed by atoms with Gasteiger partial charge in [-0.3, -0.25) is 9.58 Å². The van der Waals surface area contributed by atoms with Crippen molar-refractivity contribution in [3.63, 3.8) is 0 Å². The molecule has 1 saturated heterocycles. The van der Waals surface area contributed by atoms with E-state index in [4.69, 9.17) is 0 Å². The molecule has 0 saturated carbocycles. The average Bonchev–Trinajstić information content (AvgIpc) is 3.48. The molecule has 0 radical (unpaired) electrons. The number of anilines is 1. The van der Waals surface area contributed by atoms with Crippen LogP contribution in [0.5, 0.6) is 0 Å². The summed E-state index contributed by atoms with van der Waals surface area (Å²) in [4.78, 5) is 4.43. The minimum atomic E-state index is -4.32. The lowest BCUT2D eigenvalue weighted by atomic mass is 10.0. The second kappa shape index (κ2) is 9.27. The predicted octanol–water partition coefficient (Wildman–Crippen LogP) is 4.93. The van der Waals surface area contributed by atoms with E-state index in [-0.39, 0.29) is 12.6 Å². The van der Waals surface area contributed by atoms with Crippen LogP contribution in [0, 0.1) is 0 Å². The number of benzene rings is 2. The maximum atomic E-state index is 12.8. The molecule has 0 bridgehead atoms. The Labute approximate surface area is 196 Å². The van der Waals surface area contributed by atoms with E-state index in [0.29, 0.717) is 6.54 Å². The predicted molar refractivity (Wildman–Crippen MR) is 127 cm³/mol. The van der Waals surface area contributed by atoms with Gasteiger partial charge in [0.25, 0.3) is 0 Å². The zero-order valence-corrected chi connectivity index (χ0v) is 18.7. The Kier molecular flexibility index (Phi) is 6.18. The van der Waals surface area contributed by atoms with Crippen molar-refractivity contribution in [3.8, 4) is 0 Å². The van der Waals surface area contributed by atoms with Crippen LogP contribution in [0.15, 0.2) is 67.0 Å². The molecule has 1 aromatic heterocycles. The number of fused-ring (bicyclic) bond motifs is 1. The van der Waals surface area contributed by atoms with Crippen LogP contribution >= 0.6 is 0 Å². The molecule has 1 N–H and O–H groups in total. The van der Waals surface area contributed by atoms with Crippen LogP contribution in [-0.2, 0) is 12.7 Å². The zero-order chi connectivity index (χ0) is 23.7. The number of aliphatic hydroxyl groups is 1. The first-order chi connectivity index (χ1) is 16.4. The highest BCUT2D eigenvalue weighted by molar-refractivity contribution is 5.84. The molecule has 3 aromatic rings. The van der Waals surface area contributed by atoms with E-state index in [1.165, 1.54) is 12.1 Å². The Balaban J connectivity index is 1.25. The molecule has 1 atom stereocenters. The van der Waals surface area contributed by atoms with Gasteiger partial charge in [0, 0.05) is 36.4 Å². The normalized spacial score (nSPS) is 19.2. The lowest BCUT2D eigenvalue weighted by Crippen LogP contribution is -2.34. The molecule has 2 aliphatic rings. The van der Waals surface area contributed by atoms with Gasteiger partial charge in [0.05, 0.1) is 30.4 Å². The van der Waals surface area contributed by atoms with Gasteiger partial charge in [-0.15, -0.1) is 0 Å². The van der Waals surface area contributed by atoms with Gasteiger partial charge in [-0.1, -0.05) is 18.2 Å². The minimum Gasteiger partial charge on any atom is -0.395 e. The Bertz CT molecular complexity index is 1210. The third kappa shape index (κ3) is 4.60. The summed E-state index contributed by atoms with van der Waals surface area (Å²) >= 11 is 0. The van der Waals surface area contributed by atoms with Crippen LogP contribution in [0.4, 0.5) is 18.9 Å². The Morgan fingerprint density at radius 2 is 1.88 bits per heavy atom. The number of halogens is 3. The summed E-state index contributed by atoms with van der Waals surface area (Å²) in [5.74, 6) is 0. The Morgan fingerprint density at radius 3 is 2.59 bits per heavy atom. The highest BCUT2D eigenvalue weighted by atomic mass is 19.4. The number of aliphatic hydroxyl groups excluding tert-OH is 1. The van der Waals surface area contributed by atoms with E-state index >= 15 is 0 Å². The van der Waals surface area contributed by atoms with Crippen molar-refractivity contribution in [1.29, 1.82) is 0 Å². The molecule has 0 spiro atoms. The number of allylic oxidation sites excluding steroid dienone is 2. The molecule has 1 fully saturated rings. The van der Waals surface area contributed by atoms with Crippen LogP contribution in [0.2, 0.25) is 0 Å². The lowest BCUT2D eigenvalue weighted by molar-refractivity contribution is -0.137. The number of hydrogen-bond donors (Lipinski definition) is 1. The molecule has 34 heavy (non-hydrogen) atoms. The maximum Gasteiger partial charge on any atom is 0.416 e. The summed E-state index contributed by atoms with van der Waals surface area (Å²) in [5, 5.41) is 15.1. The second-order valence-electron chi connectivity index (χ2n) is 8.83. The molecule has 0 amide bonds. The molecule has 0 unspecified atom stereocenters. The monoisotopic (exact) mass is 468 g/mol. The van der Waals surface area contributed by atoms with Crippen molar-refractivity contribution in [2.45, 2.75) is 31.6 Å². The van der Waals surface area contributed by atoms with Crippen LogP contribution in [0.3, 0.4) is 0 Å². The van der Waals surface area contributed by atoms with Crippen molar-refractivity contribution in [2.24, 2.45) is 0 Å². The fourth-order valence-corrected chi connectivity index (χ4v) is 4.80. The van der Waals surface area contributed by atoms with Crippen LogP contribution in [0.25, 0.3) is 16.5 Å². The van der Waals surface area contributed by atoms with E-state index in [9.17, 15) is 18.3 Å². The molecular formula is C26H27F3N4O. The van der Waals surface area contributed by atoms with E-state index < -0.39 is 11.7 Å². The maximum absolute atomic E-state index is 12.8. The largest absolute Gasteiger partial charge is 0.416 e. The fourth-order valence-electron chi connectivity index (χ4n) is 4.80. The Morgan fingerprint density at radius 1 is 1.06 bits per heavy atom. The third-order valence-electron chi connectivity index (χ3n) is 6.75. The third-order valence-corrected chi connectivity index (χ3v) is 6.75.